The monoisotopic (exact) mass is 379 g/mol. The molecule has 0 heterocycles. The lowest BCUT2D eigenvalue weighted by molar-refractivity contribution is 0.592. The normalized spacial score (nSPS) is 12.7. The molecule has 0 amide bonds. The number of rotatable bonds is 5. The zero-order chi connectivity index (χ0) is 14.5. The second-order valence-corrected chi connectivity index (χ2v) is 6.74. The van der Waals surface area contributed by atoms with Gasteiger partial charge in [0.05, 0.1) is 0 Å². The van der Waals surface area contributed by atoms with Gasteiger partial charge in [0.1, 0.15) is 0 Å². The van der Waals surface area contributed by atoms with Gasteiger partial charge in [-0.2, -0.15) is 0 Å². The van der Waals surface area contributed by atoms with Crippen LogP contribution in [0.2, 0.25) is 0 Å². The van der Waals surface area contributed by atoms with E-state index in [1.807, 2.05) is 7.05 Å². The zero-order valence-electron chi connectivity index (χ0n) is 12.4. The second-order valence-electron chi connectivity index (χ2n) is 5.49. The van der Waals surface area contributed by atoms with Crippen molar-refractivity contribution in [2.24, 2.45) is 0 Å². The molecule has 0 aliphatic rings. The fourth-order valence-electron chi connectivity index (χ4n) is 2.36. The van der Waals surface area contributed by atoms with Crippen molar-refractivity contribution in [3.63, 3.8) is 0 Å². The summed E-state index contributed by atoms with van der Waals surface area (Å²) in [5.41, 5.74) is 4.14. The SMILES string of the molecule is CNC(Cc1ccc(C(C)C)cc1)c1ccc(I)cc1. The highest BCUT2D eigenvalue weighted by molar-refractivity contribution is 14.1. The molecule has 0 aliphatic heterocycles. The van der Waals surface area contributed by atoms with Crippen LogP contribution >= 0.6 is 22.6 Å². The van der Waals surface area contributed by atoms with Crippen molar-refractivity contribution in [2.75, 3.05) is 7.05 Å². The van der Waals surface area contributed by atoms with E-state index in [1.165, 1.54) is 20.3 Å². The molecule has 1 nitrogen and oxygen atoms in total. The molecule has 0 saturated heterocycles. The average molecular weight is 379 g/mol. The summed E-state index contributed by atoms with van der Waals surface area (Å²) < 4.78 is 1.28. The van der Waals surface area contributed by atoms with E-state index in [2.05, 4.69) is 90.3 Å². The lowest BCUT2D eigenvalue weighted by Crippen LogP contribution is -2.18. The first kappa shape index (κ1) is 15.5. The van der Waals surface area contributed by atoms with Crippen LogP contribution in [-0.4, -0.2) is 7.05 Å². The first-order valence-corrected chi connectivity index (χ1v) is 8.19. The summed E-state index contributed by atoms with van der Waals surface area (Å²) in [7, 11) is 2.03. The Bertz CT molecular complexity index is 528. The largest absolute Gasteiger partial charge is 0.313 e. The molecule has 0 fully saturated rings. The molecule has 0 bridgehead atoms. The summed E-state index contributed by atoms with van der Waals surface area (Å²) in [4.78, 5) is 0. The van der Waals surface area contributed by atoms with Gasteiger partial charge in [-0.1, -0.05) is 50.2 Å². The van der Waals surface area contributed by atoms with Crippen LogP contribution in [0.3, 0.4) is 0 Å². The van der Waals surface area contributed by atoms with E-state index in [4.69, 9.17) is 0 Å². The molecule has 0 saturated carbocycles. The Balaban J connectivity index is 2.11. The van der Waals surface area contributed by atoms with Crippen LogP contribution in [-0.2, 0) is 6.42 Å². The fourth-order valence-corrected chi connectivity index (χ4v) is 2.72. The highest BCUT2D eigenvalue weighted by Crippen LogP contribution is 2.21. The summed E-state index contributed by atoms with van der Waals surface area (Å²) in [6.07, 6.45) is 1.02. The number of nitrogens with one attached hydrogen (secondary N) is 1. The van der Waals surface area contributed by atoms with Crippen LogP contribution in [0.15, 0.2) is 48.5 Å². The van der Waals surface area contributed by atoms with E-state index in [-0.39, 0.29) is 0 Å². The second kappa shape index (κ2) is 7.23. The molecule has 2 aromatic rings. The van der Waals surface area contributed by atoms with Crippen molar-refractivity contribution in [3.8, 4) is 0 Å². The summed E-state index contributed by atoms with van der Waals surface area (Å²) in [5.74, 6) is 0.598. The molecule has 1 unspecified atom stereocenters. The van der Waals surface area contributed by atoms with Gasteiger partial charge in [-0.3, -0.25) is 0 Å². The van der Waals surface area contributed by atoms with Crippen molar-refractivity contribution in [2.45, 2.75) is 32.2 Å². The number of likely N-dealkylation sites (N-methyl/N-ethyl adjacent to an activating group) is 1. The predicted octanol–water partition coefficient (Wildman–Crippen LogP) is 4.92. The van der Waals surface area contributed by atoms with Crippen molar-refractivity contribution >= 4 is 22.6 Å². The van der Waals surface area contributed by atoms with Crippen molar-refractivity contribution in [3.05, 3.63) is 68.8 Å². The van der Waals surface area contributed by atoms with Crippen LogP contribution in [0.1, 0.15) is 42.5 Å². The average Bonchev–Trinajstić information content (AvgIpc) is 2.46. The van der Waals surface area contributed by atoms with E-state index < -0.39 is 0 Å². The number of benzene rings is 2. The maximum atomic E-state index is 3.42. The summed E-state index contributed by atoms with van der Waals surface area (Å²) >= 11 is 2.34. The highest BCUT2D eigenvalue weighted by Gasteiger charge is 2.10. The van der Waals surface area contributed by atoms with Crippen LogP contribution < -0.4 is 5.32 Å². The van der Waals surface area contributed by atoms with Crippen molar-refractivity contribution in [1.29, 1.82) is 0 Å². The first-order valence-electron chi connectivity index (χ1n) is 7.11. The van der Waals surface area contributed by atoms with E-state index in [0.717, 1.165) is 6.42 Å². The predicted molar refractivity (Wildman–Crippen MR) is 95.2 cm³/mol. The Labute approximate surface area is 135 Å². The van der Waals surface area contributed by atoms with Gasteiger partial charge in [-0.25, -0.2) is 0 Å². The van der Waals surface area contributed by atoms with Crippen LogP contribution in [0.5, 0.6) is 0 Å². The summed E-state index contributed by atoms with van der Waals surface area (Å²) in [5, 5.41) is 3.42. The molecule has 1 N–H and O–H groups in total. The molecule has 0 spiro atoms. The number of hydrogen-bond acceptors (Lipinski definition) is 1. The van der Waals surface area contributed by atoms with Crippen molar-refractivity contribution < 1.29 is 0 Å². The Kier molecular flexibility index (Phi) is 5.61. The fraction of sp³-hybridized carbons (Fsp3) is 0.333. The summed E-state index contributed by atoms with van der Waals surface area (Å²) in [6, 6.07) is 18.2. The summed E-state index contributed by atoms with van der Waals surface area (Å²) in [6.45, 7) is 4.47. The minimum Gasteiger partial charge on any atom is -0.313 e. The molecule has 2 heteroatoms. The Hall–Kier alpha value is -0.870. The zero-order valence-corrected chi connectivity index (χ0v) is 14.5. The third-order valence-corrected chi connectivity index (χ3v) is 4.43. The molecule has 106 valence electrons. The van der Waals surface area contributed by atoms with Gasteiger partial charge in [0.25, 0.3) is 0 Å². The molecule has 0 aromatic heterocycles. The molecule has 20 heavy (non-hydrogen) atoms. The third kappa shape index (κ3) is 4.06. The Morgan fingerprint density at radius 3 is 1.95 bits per heavy atom. The standard InChI is InChI=1S/C18H22IN/c1-13(2)15-6-4-14(5-7-15)12-18(20-3)16-8-10-17(19)11-9-16/h4-11,13,18,20H,12H2,1-3H3. The first-order chi connectivity index (χ1) is 9.60. The lowest BCUT2D eigenvalue weighted by Gasteiger charge is -2.17. The molecule has 0 radical (unpaired) electrons. The van der Waals surface area contributed by atoms with E-state index >= 15 is 0 Å². The maximum absolute atomic E-state index is 3.42. The molecule has 2 aromatic carbocycles. The van der Waals surface area contributed by atoms with Gasteiger partial charge >= 0.3 is 0 Å². The van der Waals surface area contributed by atoms with Gasteiger partial charge in [0, 0.05) is 9.61 Å². The molecule has 2 rings (SSSR count). The molecule has 0 aliphatic carbocycles. The van der Waals surface area contributed by atoms with E-state index in [9.17, 15) is 0 Å². The van der Waals surface area contributed by atoms with Gasteiger partial charge in [0.15, 0.2) is 0 Å². The van der Waals surface area contributed by atoms with Crippen LogP contribution in [0, 0.1) is 3.57 Å². The van der Waals surface area contributed by atoms with Crippen molar-refractivity contribution in [1.82, 2.24) is 5.32 Å². The van der Waals surface area contributed by atoms with Crippen LogP contribution in [0.25, 0.3) is 0 Å². The maximum Gasteiger partial charge on any atom is 0.0358 e. The van der Waals surface area contributed by atoms with Gasteiger partial charge in [-0.05, 0) is 70.8 Å². The van der Waals surface area contributed by atoms with Gasteiger partial charge < -0.3 is 5.32 Å². The van der Waals surface area contributed by atoms with Crippen LogP contribution in [0.4, 0.5) is 0 Å². The third-order valence-electron chi connectivity index (χ3n) is 3.71. The Morgan fingerprint density at radius 2 is 1.45 bits per heavy atom. The smallest absolute Gasteiger partial charge is 0.0358 e. The minimum atomic E-state index is 0.372. The van der Waals surface area contributed by atoms with Gasteiger partial charge in [-0.15, -0.1) is 0 Å². The topological polar surface area (TPSA) is 12.0 Å². The number of halogens is 1. The number of hydrogen-bond donors (Lipinski definition) is 1. The molecular formula is C18H22IN. The van der Waals surface area contributed by atoms with Gasteiger partial charge in [0.2, 0.25) is 0 Å². The quantitative estimate of drug-likeness (QED) is 0.728. The Morgan fingerprint density at radius 1 is 0.900 bits per heavy atom. The van der Waals surface area contributed by atoms with E-state index in [0.29, 0.717) is 12.0 Å². The minimum absolute atomic E-state index is 0.372. The molecular weight excluding hydrogens is 357 g/mol. The highest BCUT2D eigenvalue weighted by atomic mass is 127. The molecule has 1 atom stereocenters. The van der Waals surface area contributed by atoms with E-state index in [1.54, 1.807) is 0 Å². The lowest BCUT2D eigenvalue weighted by atomic mass is 9.96.